The first kappa shape index (κ1) is 86.6. The van der Waals surface area contributed by atoms with Crippen LogP contribution >= 0.6 is 0 Å². The van der Waals surface area contributed by atoms with Crippen LogP contribution in [0.4, 0.5) is 0 Å². The van der Waals surface area contributed by atoms with Gasteiger partial charge in [0.1, 0.15) is 0 Å². The number of nitrogens with one attached hydrogen (secondary N) is 1. The Morgan fingerprint density at radius 3 is 0.876 bits per heavy atom. The fraction of sp³-hybridized carbons (Fsp3) is 0.855. The Hall–Kier alpha value is -2.44. The van der Waals surface area contributed by atoms with Crippen molar-refractivity contribution in [3.8, 4) is 0 Å². The number of amides is 1. The predicted molar refractivity (Wildman–Crippen MR) is 393 cm³/mol. The Morgan fingerprint density at radius 2 is 0.562 bits per heavy atom. The number of unbranched alkanes of at least 4 members (excludes halogenated alkanes) is 56. The molecule has 0 aliphatic heterocycles. The highest BCUT2D eigenvalue weighted by molar-refractivity contribution is 5.76. The molecule has 0 saturated heterocycles. The van der Waals surface area contributed by atoms with Gasteiger partial charge < -0.3 is 20.3 Å². The highest BCUT2D eigenvalue weighted by atomic mass is 16.5. The number of allylic oxidation sites excluding steroid dienone is 9. The van der Waals surface area contributed by atoms with Crippen LogP contribution in [-0.2, 0) is 14.3 Å². The first-order chi connectivity index (χ1) is 44.0. The van der Waals surface area contributed by atoms with Crippen molar-refractivity contribution in [1.29, 1.82) is 0 Å². The lowest BCUT2D eigenvalue weighted by Gasteiger charge is -2.20. The van der Waals surface area contributed by atoms with Gasteiger partial charge in [0.2, 0.25) is 5.91 Å². The monoisotopic (exact) mass is 1250 g/mol. The number of hydrogen-bond donors (Lipinski definition) is 3. The van der Waals surface area contributed by atoms with Crippen molar-refractivity contribution in [2.45, 2.75) is 443 Å². The van der Waals surface area contributed by atoms with Gasteiger partial charge in [-0.3, -0.25) is 9.59 Å². The average molecular weight is 1250 g/mol. The molecule has 0 aliphatic carbocycles. The Balaban J connectivity index is 3.37. The number of carbonyl (C=O) groups is 2. The summed E-state index contributed by atoms with van der Waals surface area (Å²) < 4.78 is 5.51. The van der Waals surface area contributed by atoms with Crippen LogP contribution in [0.15, 0.2) is 60.8 Å². The largest absolute Gasteiger partial charge is 0.466 e. The van der Waals surface area contributed by atoms with Crippen LogP contribution in [0.3, 0.4) is 0 Å². The van der Waals surface area contributed by atoms with Crippen LogP contribution in [0.1, 0.15) is 431 Å². The van der Waals surface area contributed by atoms with Crippen LogP contribution in [0, 0.1) is 0 Å². The zero-order valence-electron chi connectivity index (χ0n) is 59.9. The average Bonchev–Trinajstić information content (AvgIpc) is 3.56. The van der Waals surface area contributed by atoms with Gasteiger partial charge in [-0.15, -0.1) is 0 Å². The lowest BCUT2D eigenvalue weighted by Crippen LogP contribution is -2.45. The number of aliphatic hydroxyl groups excluding tert-OH is 2. The Labute approximate surface area is 556 Å². The topological polar surface area (TPSA) is 95.9 Å². The van der Waals surface area contributed by atoms with Crippen molar-refractivity contribution in [3.05, 3.63) is 60.8 Å². The summed E-state index contributed by atoms with van der Waals surface area (Å²) in [6, 6.07) is -0.627. The molecule has 0 aromatic carbocycles. The van der Waals surface area contributed by atoms with E-state index in [9.17, 15) is 19.8 Å². The van der Waals surface area contributed by atoms with E-state index in [1.165, 1.54) is 347 Å². The van der Waals surface area contributed by atoms with Gasteiger partial charge >= 0.3 is 5.97 Å². The zero-order valence-corrected chi connectivity index (χ0v) is 59.9. The Bertz CT molecular complexity index is 1530. The maximum absolute atomic E-state index is 12.5. The number of esters is 1. The van der Waals surface area contributed by atoms with Crippen LogP contribution < -0.4 is 5.32 Å². The van der Waals surface area contributed by atoms with E-state index >= 15 is 0 Å². The molecule has 89 heavy (non-hydrogen) atoms. The van der Waals surface area contributed by atoms with Crippen molar-refractivity contribution in [2.75, 3.05) is 13.2 Å². The van der Waals surface area contributed by atoms with Crippen LogP contribution in [-0.4, -0.2) is 47.4 Å². The van der Waals surface area contributed by atoms with E-state index in [-0.39, 0.29) is 18.5 Å². The van der Waals surface area contributed by atoms with E-state index in [0.29, 0.717) is 19.4 Å². The molecule has 0 bridgehead atoms. The third kappa shape index (κ3) is 74.5. The van der Waals surface area contributed by atoms with E-state index in [4.69, 9.17) is 4.74 Å². The normalized spacial score (nSPS) is 12.8. The van der Waals surface area contributed by atoms with Gasteiger partial charge in [0, 0.05) is 12.8 Å². The molecule has 0 saturated carbocycles. The van der Waals surface area contributed by atoms with Gasteiger partial charge in [-0.2, -0.15) is 0 Å². The van der Waals surface area contributed by atoms with Gasteiger partial charge in [0.05, 0.1) is 25.4 Å². The fourth-order valence-corrected chi connectivity index (χ4v) is 12.4. The number of carbonyl (C=O) groups excluding carboxylic acids is 2. The third-order valence-corrected chi connectivity index (χ3v) is 18.5. The molecule has 6 nitrogen and oxygen atoms in total. The fourth-order valence-electron chi connectivity index (χ4n) is 12.4. The maximum Gasteiger partial charge on any atom is 0.305 e. The summed E-state index contributed by atoms with van der Waals surface area (Å²) >= 11 is 0. The van der Waals surface area contributed by atoms with Crippen molar-refractivity contribution in [1.82, 2.24) is 5.32 Å². The SMILES string of the molecule is CCCCC/C=C\C/C=C\CCCCCCCCCCCC(=O)OCCCCCCCCCCCCCCC/C=C\C/C=C\CCCCCCCCCCCCCCCCCCCC(=O)NC(CO)C(O)/C=C/CCCCCCCCCCCCCCCC. The quantitative estimate of drug-likeness (QED) is 0.0320. The lowest BCUT2D eigenvalue weighted by molar-refractivity contribution is -0.143. The summed E-state index contributed by atoms with van der Waals surface area (Å²) in [6.07, 6.45) is 105. The molecule has 1 amide bonds. The van der Waals surface area contributed by atoms with Crippen molar-refractivity contribution >= 4 is 11.9 Å². The van der Waals surface area contributed by atoms with Gasteiger partial charge in [-0.1, -0.05) is 383 Å². The molecule has 2 atom stereocenters. The minimum Gasteiger partial charge on any atom is -0.466 e. The molecule has 0 heterocycles. The van der Waals surface area contributed by atoms with Crippen LogP contribution in [0.2, 0.25) is 0 Å². The smallest absolute Gasteiger partial charge is 0.305 e. The molecule has 0 radical (unpaired) electrons. The van der Waals surface area contributed by atoms with E-state index in [0.717, 1.165) is 57.8 Å². The second kappa shape index (κ2) is 78.0. The Kier molecular flexibility index (Phi) is 75.9. The van der Waals surface area contributed by atoms with Crippen molar-refractivity contribution in [3.63, 3.8) is 0 Å². The number of aliphatic hydroxyl groups is 2. The highest BCUT2D eigenvalue weighted by Crippen LogP contribution is 2.19. The second-order valence-electron chi connectivity index (χ2n) is 27.4. The first-order valence-corrected chi connectivity index (χ1v) is 40.1. The number of hydrogen-bond acceptors (Lipinski definition) is 5. The molecular formula is C83H155NO5. The van der Waals surface area contributed by atoms with Gasteiger partial charge in [0.15, 0.2) is 0 Å². The predicted octanol–water partition coefficient (Wildman–Crippen LogP) is 26.5. The molecule has 0 aliphatic rings. The Morgan fingerprint density at radius 1 is 0.315 bits per heavy atom. The maximum atomic E-state index is 12.5. The number of rotatable bonds is 75. The molecule has 522 valence electrons. The number of ether oxygens (including phenoxy) is 1. The molecule has 3 N–H and O–H groups in total. The standard InChI is InChI=1S/C83H155NO5/c1-3-5-7-9-11-13-15-17-19-21-41-45-49-53-57-61-65-69-73-77-83(88)89-78-74-70-66-62-58-54-50-46-43-40-38-36-34-32-30-28-26-24-22-23-25-27-29-31-33-35-37-39-42-44-48-52-56-60-64-68-72-76-82(87)84-80(79-85)81(86)75-71-67-63-59-55-51-47-20-18-16-14-12-10-8-6-4-2/h11,13,17,19,22,24,28,30,71,75,80-81,85-86H,3-10,12,14-16,18,20-21,23,25-27,29,31-70,72-74,76-79H2,1-2H3,(H,84,87)/b13-11-,19-17-,24-22-,30-28-,75-71+. The molecule has 0 aromatic heterocycles. The van der Waals surface area contributed by atoms with Gasteiger partial charge in [-0.05, 0) is 96.3 Å². The molecule has 0 spiro atoms. The van der Waals surface area contributed by atoms with Crippen LogP contribution in [0.25, 0.3) is 0 Å². The third-order valence-electron chi connectivity index (χ3n) is 18.5. The molecule has 2 unspecified atom stereocenters. The van der Waals surface area contributed by atoms with E-state index < -0.39 is 12.1 Å². The van der Waals surface area contributed by atoms with E-state index in [1.807, 2.05) is 6.08 Å². The minimum absolute atomic E-state index is 0.0150. The summed E-state index contributed by atoms with van der Waals surface area (Å²) in [5.74, 6) is -0.0477. The molecule has 0 aromatic rings. The zero-order chi connectivity index (χ0) is 64.2. The second-order valence-corrected chi connectivity index (χ2v) is 27.4. The molecule has 6 heteroatoms. The van der Waals surface area contributed by atoms with Crippen molar-refractivity contribution in [2.24, 2.45) is 0 Å². The summed E-state index contributed by atoms with van der Waals surface area (Å²) in [4.78, 5) is 24.6. The lowest BCUT2D eigenvalue weighted by atomic mass is 10.0. The van der Waals surface area contributed by atoms with Gasteiger partial charge in [0.25, 0.3) is 0 Å². The summed E-state index contributed by atoms with van der Waals surface area (Å²) in [5, 5.41) is 23.2. The van der Waals surface area contributed by atoms with Crippen molar-refractivity contribution < 1.29 is 24.5 Å². The molecular weight excluding hydrogens is 1090 g/mol. The highest BCUT2D eigenvalue weighted by Gasteiger charge is 2.18. The molecule has 0 fully saturated rings. The summed E-state index contributed by atoms with van der Waals surface area (Å²) in [5.41, 5.74) is 0. The van der Waals surface area contributed by atoms with Crippen LogP contribution in [0.5, 0.6) is 0 Å². The minimum atomic E-state index is -0.843. The van der Waals surface area contributed by atoms with E-state index in [2.05, 4.69) is 67.8 Å². The summed E-state index contributed by atoms with van der Waals surface area (Å²) in [7, 11) is 0. The van der Waals surface area contributed by atoms with E-state index in [1.54, 1.807) is 6.08 Å². The van der Waals surface area contributed by atoms with Gasteiger partial charge in [-0.25, -0.2) is 0 Å². The molecule has 0 rings (SSSR count). The first-order valence-electron chi connectivity index (χ1n) is 40.1. The summed E-state index contributed by atoms with van der Waals surface area (Å²) in [6.45, 7) is 4.91.